The smallest absolute Gasteiger partial charge is 0.158 e. The van der Waals surface area contributed by atoms with Gasteiger partial charge in [-0.05, 0) is 33.1 Å². The predicted octanol–water partition coefficient (Wildman–Crippen LogP) is 3.66. The standard InChI is InChI=1S/C14H21ClN4/c1-4-19-14-12(10(3)17-19)16-13(9(2)15)18(14)8-7-11-5-6-11/h9,11H,4-8H2,1-3H3. The van der Waals surface area contributed by atoms with E-state index in [0.29, 0.717) is 0 Å². The molecule has 0 N–H and O–H groups in total. The van der Waals surface area contributed by atoms with Crippen molar-refractivity contribution < 1.29 is 0 Å². The van der Waals surface area contributed by atoms with Crippen molar-refractivity contribution in [2.45, 2.75) is 58.5 Å². The maximum atomic E-state index is 6.30. The molecule has 0 aromatic carbocycles. The summed E-state index contributed by atoms with van der Waals surface area (Å²) in [5.41, 5.74) is 3.16. The fourth-order valence-corrected chi connectivity index (χ4v) is 2.87. The minimum absolute atomic E-state index is 0.0590. The molecule has 5 heteroatoms. The van der Waals surface area contributed by atoms with E-state index in [1.807, 2.05) is 18.5 Å². The van der Waals surface area contributed by atoms with Gasteiger partial charge in [0, 0.05) is 13.1 Å². The van der Waals surface area contributed by atoms with Gasteiger partial charge in [0.05, 0.1) is 11.1 Å². The number of alkyl halides is 1. The second kappa shape index (κ2) is 4.82. The molecule has 2 aromatic heterocycles. The largest absolute Gasteiger partial charge is 0.312 e. The van der Waals surface area contributed by atoms with Gasteiger partial charge in [-0.1, -0.05) is 12.8 Å². The Hall–Kier alpha value is -1.03. The topological polar surface area (TPSA) is 35.6 Å². The zero-order valence-corrected chi connectivity index (χ0v) is 12.6. The number of aromatic nitrogens is 4. The van der Waals surface area contributed by atoms with Crippen molar-refractivity contribution in [2.24, 2.45) is 5.92 Å². The first kappa shape index (κ1) is 13.0. The van der Waals surface area contributed by atoms with Crippen molar-refractivity contribution >= 4 is 22.8 Å². The van der Waals surface area contributed by atoms with Gasteiger partial charge < -0.3 is 4.57 Å². The molecule has 1 atom stereocenters. The Kier molecular flexibility index (Phi) is 3.29. The summed E-state index contributed by atoms with van der Waals surface area (Å²) in [5, 5.41) is 4.50. The average molecular weight is 281 g/mol. The van der Waals surface area contributed by atoms with E-state index >= 15 is 0 Å². The second-order valence-corrected chi connectivity index (χ2v) is 6.20. The lowest BCUT2D eigenvalue weighted by Gasteiger charge is -2.11. The molecule has 2 aromatic rings. The number of nitrogens with zero attached hydrogens (tertiary/aromatic N) is 4. The van der Waals surface area contributed by atoms with Gasteiger partial charge in [-0.25, -0.2) is 9.67 Å². The van der Waals surface area contributed by atoms with Crippen LogP contribution in [0.15, 0.2) is 0 Å². The quantitative estimate of drug-likeness (QED) is 0.784. The van der Waals surface area contributed by atoms with Crippen molar-refractivity contribution in [1.82, 2.24) is 19.3 Å². The SMILES string of the molecule is CCn1nc(C)c2nc(C(C)Cl)n(CCC3CC3)c21. The van der Waals surface area contributed by atoms with Gasteiger partial charge in [0.15, 0.2) is 5.65 Å². The highest BCUT2D eigenvalue weighted by atomic mass is 35.5. The van der Waals surface area contributed by atoms with Crippen molar-refractivity contribution in [3.63, 3.8) is 0 Å². The van der Waals surface area contributed by atoms with E-state index in [0.717, 1.165) is 41.7 Å². The molecule has 0 bridgehead atoms. The van der Waals surface area contributed by atoms with Gasteiger partial charge in [0.25, 0.3) is 0 Å². The number of halogens is 1. The normalized spacial score (nSPS) is 17.3. The first-order valence-corrected chi connectivity index (χ1v) is 7.63. The summed E-state index contributed by atoms with van der Waals surface area (Å²) in [4.78, 5) is 4.73. The van der Waals surface area contributed by atoms with Crippen molar-refractivity contribution in [3.8, 4) is 0 Å². The molecular weight excluding hydrogens is 260 g/mol. The molecule has 1 fully saturated rings. The molecule has 2 heterocycles. The fraction of sp³-hybridized carbons (Fsp3) is 0.714. The summed E-state index contributed by atoms with van der Waals surface area (Å²) < 4.78 is 4.34. The third-order valence-electron chi connectivity index (χ3n) is 3.94. The van der Waals surface area contributed by atoms with Crippen LogP contribution in [0.4, 0.5) is 0 Å². The zero-order valence-electron chi connectivity index (χ0n) is 11.9. The monoisotopic (exact) mass is 280 g/mol. The van der Waals surface area contributed by atoms with E-state index in [4.69, 9.17) is 16.6 Å². The van der Waals surface area contributed by atoms with Crippen LogP contribution in [-0.2, 0) is 13.1 Å². The van der Waals surface area contributed by atoms with Crippen LogP contribution in [0.3, 0.4) is 0 Å². The van der Waals surface area contributed by atoms with E-state index in [1.54, 1.807) is 0 Å². The first-order valence-electron chi connectivity index (χ1n) is 7.19. The summed E-state index contributed by atoms with van der Waals surface area (Å²) in [6.45, 7) is 8.02. The number of hydrogen-bond acceptors (Lipinski definition) is 2. The lowest BCUT2D eigenvalue weighted by Crippen LogP contribution is -2.10. The van der Waals surface area contributed by atoms with Gasteiger partial charge in [0.1, 0.15) is 11.3 Å². The molecule has 1 aliphatic carbocycles. The minimum Gasteiger partial charge on any atom is -0.312 e. The molecular formula is C14H21ClN4. The van der Waals surface area contributed by atoms with E-state index in [1.165, 1.54) is 19.3 Å². The highest BCUT2D eigenvalue weighted by Gasteiger charge is 2.24. The van der Waals surface area contributed by atoms with Crippen LogP contribution < -0.4 is 0 Å². The maximum absolute atomic E-state index is 6.30. The Morgan fingerprint density at radius 3 is 2.74 bits per heavy atom. The molecule has 1 saturated carbocycles. The lowest BCUT2D eigenvalue weighted by molar-refractivity contribution is 0.561. The summed E-state index contributed by atoms with van der Waals surface area (Å²) in [6.07, 6.45) is 4.00. The molecule has 1 unspecified atom stereocenters. The van der Waals surface area contributed by atoms with Gasteiger partial charge >= 0.3 is 0 Å². The number of aryl methyl sites for hydroxylation is 3. The number of hydrogen-bond donors (Lipinski definition) is 0. The molecule has 3 rings (SSSR count). The van der Waals surface area contributed by atoms with Crippen molar-refractivity contribution in [3.05, 3.63) is 11.5 Å². The van der Waals surface area contributed by atoms with Crippen LogP contribution in [0.2, 0.25) is 0 Å². The molecule has 0 amide bonds. The molecule has 19 heavy (non-hydrogen) atoms. The predicted molar refractivity (Wildman–Crippen MR) is 77.5 cm³/mol. The van der Waals surface area contributed by atoms with Crippen LogP contribution in [0.5, 0.6) is 0 Å². The van der Waals surface area contributed by atoms with Crippen molar-refractivity contribution in [1.29, 1.82) is 0 Å². The average Bonchev–Trinajstić information content (AvgIpc) is 3.04. The third kappa shape index (κ3) is 2.27. The molecule has 0 spiro atoms. The van der Waals surface area contributed by atoms with E-state index < -0.39 is 0 Å². The summed E-state index contributed by atoms with van der Waals surface area (Å²) in [7, 11) is 0. The van der Waals surface area contributed by atoms with Gasteiger partial charge in [0.2, 0.25) is 0 Å². The molecule has 0 saturated heterocycles. The van der Waals surface area contributed by atoms with Crippen LogP contribution >= 0.6 is 11.6 Å². The van der Waals surface area contributed by atoms with Crippen molar-refractivity contribution in [2.75, 3.05) is 0 Å². The molecule has 4 nitrogen and oxygen atoms in total. The highest BCUT2D eigenvalue weighted by molar-refractivity contribution is 6.20. The molecule has 0 aliphatic heterocycles. The highest BCUT2D eigenvalue weighted by Crippen LogP contribution is 2.34. The van der Waals surface area contributed by atoms with Crippen LogP contribution in [0.25, 0.3) is 11.2 Å². The lowest BCUT2D eigenvalue weighted by atomic mass is 10.3. The summed E-state index contributed by atoms with van der Waals surface area (Å²) >= 11 is 6.30. The number of fused-ring (bicyclic) bond motifs is 1. The maximum Gasteiger partial charge on any atom is 0.158 e. The Morgan fingerprint density at radius 1 is 1.42 bits per heavy atom. The Labute approximate surface area is 118 Å². The van der Waals surface area contributed by atoms with E-state index in [9.17, 15) is 0 Å². The van der Waals surface area contributed by atoms with Gasteiger partial charge in [-0.3, -0.25) is 0 Å². The number of imidazole rings is 1. The Morgan fingerprint density at radius 2 is 2.16 bits per heavy atom. The summed E-state index contributed by atoms with van der Waals surface area (Å²) in [6, 6.07) is 0. The third-order valence-corrected chi connectivity index (χ3v) is 4.14. The van der Waals surface area contributed by atoms with Gasteiger partial charge in [-0.15, -0.1) is 11.6 Å². The van der Waals surface area contributed by atoms with Crippen LogP contribution in [0.1, 0.15) is 50.0 Å². The molecule has 104 valence electrons. The Balaban J connectivity index is 2.08. The van der Waals surface area contributed by atoms with Crippen LogP contribution in [0, 0.1) is 12.8 Å². The molecule has 0 radical (unpaired) electrons. The van der Waals surface area contributed by atoms with Gasteiger partial charge in [-0.2, -0.15) is 5.10 Å². The van der Waals surface area contributed by atoms with E-state index in [2.05, 4.69) is 16.6 Å². The number of rotatable bonds is 5. The second-order valence-electron chi connectivity index (χ2n) is 5.54. The zero-order chi connectivity index (χ0) is 13.6. The summed E-state index contributed by atoms with van der Waals surface area (Å²) in [5.74, 6) is 1.90. The minimum atomic E-state index is -0.0590. The Bertz CT molecular complexity index is 592. The molecule has 1 aliphatic rings. The fourth-order valence-electron chi connectivity index (χ4n) is 2.70. The first-order chi connectivity index (χ1) is 9.11. The van der Waals surface area contributed by atoms with Crippen LogP contribution in [-0.4, -0.2) is 19.3 Å². The van der Waals surface area contributed by atoms with E-state index in [-0.39, 0.29) is 5.38 Å².